The minimum atomic E-state index is -0.273. The summed E-state index contributed by atoms with van der Waals surface area (Å²) in [4.78, 5) is 2.00. The number of nitrogens with one attached hydrogen (secondary N) is 1. The summed E-state index contributed by atoms with van der Waals surface area (Å²) in [6.07, 6.45) is 0. The van der Waals surface area contributed by atoms with Gasteiger partial charge in [-0.15, -0.1) is 0 Å². The van der Waals surface area contributed by atoms with Gasteiger partial charge in [-0.3, -0.25) is 0 Å². The van der Waals surface area contributed by atoms with Gasteiger partial charge in [-0.2, -0.15) is 0 Å². The van der Waals surface area contributed by atoms with Crippen molar-refractivity contribution in [3.8, 4) is 17.2 Å². The molecule has 3 aromatic carbocycles. The van der Waals surface area contributed by atoms with Crippen molar-refractivity contribution in [2.75, 3.05) is 26.6 Å². The monoisotopic (exact) mass is 454 g/mol. The molecule has 0 unspecified atom stereocenters. The highest BCUT2D eigenvalue weighted by atomic mass is 32.1. The van der Waals surface area contributed by atoms with E-state index >= 15 is 0 Å². The van der Waals surface area contributed by atoms with E-state index in [4.69, 9.17) is 26.4 Å². The Bertz CT molecular complexity index is 1070. The normalized spacial score (nSPS) is 10.4. The molecule has 32 heavy (non-hydrogen) atoms. The number of aryl methyl sites for hydroxylation is 1. The molecule has 3 aromatic rings. The molecule has 0 fully saturated rings. The van der Waals surface area contributed by atoms with E-state index in [0.29, 0.717) is 35.5 Å². The number of halogens is 1. The fraction of sp³-hybridized carbons (Fsp3) is 0.240. The summed E-state index contributed by atoms with van der Waals surface area (Å²) in [5.41, 5.74) is 3.79. The van der Waals surface area contributed by atoms with Crippen molar-refractivity contribution in [1.29, 1.82) is 0 Å². The van der Waals surface area contributed by atoms with E-state index in [1.54, 1.807) is 33.5 Å². The average molecular weight is 455 g/mol. The summed E-state index contributed by atoms with van der Waals surface area (Å²) in [5.74, 6) is 1.74. The first-order valence-electron chi connectivity index (χ1n) is 10.1. The SMILES string of the molecule is COc1cc(C)ccc1NC(=S)N(Cc1ccc(F)cc1)Cc1ccc(OC)c(OC)c1. The zero-order chi connectivity index (χ0) is 23.1. The van der Waals surface area contributed by atoms with Crippen molar-refractivity contribution in [2.45, 2.75) is 20.0 Å². The van der Waals surface area contributed by atoms with Gasteiger partial charge in [0.05, 0.1) is 27.0 Å². The Morgan fingerprint density at radius 2 is 1.44 bits per heavy atom. The lowest BCUT2D eigenvalue weighted by Gasteiger charge is -2.27. The van der Waals surface area contributed by atoms with E-state index in [1.807, 2.05) is 48.2 Å². The van der Waals surface area contributed by atoms with Crippen molar-refractivity contribution < 1.29 is 18.6 Å². The lowest BCUT2D eigenvalue weighted by molar-refractivity contribution is 0.352. The summed E-state index contributed by atoms with van der Waals surface area (Å²) in [6, 6.07) is 18.0. The molecule has 0 amide bonds. The first-order chi connectivity index (χ1) is 15.4. The van der Waals surface area contributed by atoms with E-state index < -0.39 is 0 Å². The Morgan fingerprint density at radius 1 is 0.812 bits per heavy atom. The number of methoxy groups -OCH3 is 3. The zero-order valence-corrected chi connectivity index (χ0v) is 19.5. The second-order valence-corrected chi connectivity index (χ2v) is 7.69. The van der Waals surface area contributed by atoms with E-state index in [1.165, 1.54) is 12.1 Å². The third-order valence-electron chi connectivity index (χ3n) is 4.99. The number of anilines is 1. The molecule has 168 valence electrons. The van der Waals surface area contributed by atoms with Crippen LogP contribution in [0.3, 0.4) is 0 Å². The Labute approximate surface area is 193 Å². The Hall–Kier alpha value is -3.32. The van der Waals surface area contributed by atoms with Gasteiger partial charge in [-0.05, 0) is 72.2 Å². The Morgan fingerprint density at radius 3 is 2.09 bits per heavy atom. The van der Waals surface area contributed by atoms with E-state index in [0.717, 1.165) is 22.4 Å². The van der Waals surface area contributed by atoms with E-state index in [2.05, 4.69) is 5.32 Å². The maximum Gasteiger partial charge on any atom is 0.174 e. The number of ether oxygens (including phenoxy) is 3. The van der Waals surface area contributed by atoms with Crippen LogP contribution in [-0.4, -0.2) is 31.3 Å². The Balaban J connectivity index is 1.88. The summed E-state index contributed by atoms with van der Waals surface area (Å²) in [5, 5.41) is 3.81. The van der Waals surface area contributed by atoms with Crippen LogP contribution < -0.4 is 19.5 Å². The average Bonchev–Trinajstić information content (AvgIpc) is 2.80. The largest absolute Gasteiger partial charge is 0.495 e. The number of hydrogen-bond acceptors (Lipinski definition) is 4. The van der Waals surface area contributed by atoms with Gasteiger partial charge in [0.2, 0.25) is 0 Å². The van der Waals surface area contributed by atoms with Gasteiger partial charge < -0.3 is 24.4 Å². The Kier molecular flexibility index (Phi) is 7.89. The predicted molar refractivity (Wildman–Crippen MR) is 129 cm³/mol. The van der Waals surface area contributed by atoms with Gasteiger partial charge in [-0.1, -0.05) is 24.3 Å². The van der Waals surface area contributed by atoms with Gasteiger partial charge in [0.15, 0.2) is 16.6 Å². The number of hydrogen-bond donors (Lipinski definition) is 1. The third kappa shape index (κ3) is 5.88. The van der Waals surface area contributed by atoms with Crippen molar-refractivity contribution in [3.05, 3.63) is 83.2 Å². The molecular formula is C25H27FN2O3S. The van der Waals surface area contributed by atoms with Crippen LogP contribution in [-0.2, 0) is 13.1 Å². The summed E-state index contributed by atoms with van der Waals surface area (Å²) >= 11 is 5.76. The second-order valence-electron chi connectivity index (χ2n) is 7.31. The lowest BCUT2D eigenvalue weighted by Crippen LogP contribution is -2.34. The summed E-state index contributed by atoms with van der Waals surface area (Å²) < 4.78 is 29.7. The number of rotatable bonds is 8. The van der Waals surface area contributed by atoms with Crippen molar-refractivity contribution >= 4 is 23.0 Å². The number of benzene rings is 3. The standard InChI is InChI=1S/C25H27FN2O3S/c1-17-5-11-21(23(13-17)30-3)27-25(32)28(15-18-6-9-20(26)10-7-18)16-19-8-12-22(29-2)24(14-19)31-4/h5-14H,15-16H2,1-4H3,(H,27,32). The molecule has 0 saturated carbocycles. The summed E-state index contributed by atoms with van der Waals surface area (Å²) in [6.45, 7) is 3.01. The van der Waals surface area contributed by atoms with Gasteiger partial charge in [0.1, 0.15) is 11.6 Å². The van der Waals surface area contributed by atoms with Crippen LogP contribution >= 0.6 is 12.2 Å². The molecule has 0 aliphatic heterocycles. The van der Waals surface area contributed by atoms with Crippen LogP contribution in [0.15, 0.2) is 60.7 Å². The molecule has 0 aliphatic rings. The molecule has 0 spiro atoms. The fourth-order valence-electron chi connectivity index (χ4n) is 3.31. The smallest absolute Gasteiger partial charge is 0.174 e. The highest BCUT2D eigenvalue weighted by Gasteiger charge is 2.15. The second kappa shape index (κ2) is 10.8. The van der Waals surface area contributed by atoms with Crippen LogP contribution in [0.1, 0.15) is 16.7 Å². The molecule has 1 N–H and O–H groups in total. The minimum absolute atomic E-state index is 0.273. The van der Waals surface area contributed by atoms with Crippen molar-refractivity contribution in [2.24, 2.45) is 0 Å². The molecule has 0 aliphatic carbocycles. The van der Waals surface area contributed by atoms with Gasteiger partial charge in [0.25, 0.3) is 0 Å². The first-order valence-corrected chi connectivity index (χ1v) is 10.5. The highest BCUT2D eigenvalue weighted by molar-refractivity contribution is 7.80. The molecule has 3 rings (SSSR count). The quantitative estimate of drug-likeness (QED) is 0.450. The first kappa shape index (κ1) is 23.3. The predicted octanol–water partition coefficient (Wildman–Crippen LogP) is 5.56. The van der Waals surface area contributed by atoms with Crippen molar-refractivity contribution in [3.63, 3.8) is 0 Å². The van der Waals surface area contributed by atoms with E-state index in [9.17, 15) is 4.39 Å². The van der Waals surface area contributed by atoms with Gasteiger partial charge >= 0.3 is 0 Å². The maximum atomic E-state index is 13.4. The summed E-state index contributed by atoms with van der Waals surface area (Å²) in [7, 11) is 4.84. The van der Waals surface area contributed by atoms with Crippen molar-refractivity contribution in [1.82, 2.24) is 4.90 Å². The molecule has 7 heteroatoms. The lowest BCUT2D eigenvalue weighted by atomic mass is 10.1. The molecular weight excluding hydrogens is 427 g/mol. The van der Waals surface area contributed by atoms with E-state index in [-0.39, 0.29) is 5.82 Å². The van der Waals surface area contributed by atoms with Gasteiger partial charge in [0, 0.05) is 13.1 Å². The zero-order valence-electron chi connectivity index (χ0n) is 18.6. The van der Waals surface area contributed by atoms with Crippen LogP contribution in [0.4, 0.5) is 10.1 Å². The van der Waals surface area contributed by atoms with Crippen LogP contribution in [0.25, 0.3) is 0 Å². The van der Waals surface area contributed by atoms with Gasteiger partial charge in [-0.25, -0.2) is 4.39 Å². The molecule has 0 bridgehead atoms. The highest BCUT2D eigenvalue weighted by Crippen LogP contribution is 2.29. The molecule has 0 heterocycles. The van der Waals surface area contributed by atoms with Crippen LogP contribution in [0.5, 0.6) is 17.2 Å². The fourth-order valence-corrected chi connectivity index (χ4v) is 3.54. The van der Waals surface area contributed by atoms with Crippen LogP contribution in [0.2, 0.25) is 0 Å². The molecule has 0 saturated heterocycles. The molecule has 5 nitrogen and oxygen atoms in total. The molecule has 0 atom stereocenters. The number of thiocarbonyl (C=S) groups is 1. The molecule has 0 aromatic heterocycles. The third-order valence-corrected chi connectivity index (χ3v) is 5.35. The molecule has 0 radical (unpaired) electrons. The number of nitrogens with zero attached hydrogens (tertiary/aromatic N) is 1. The van der Waals surface area contributed by atoms with Crippen LogP contribution in [0, 0.1) is 12.7 Å². The topological polar surface area (TPSA) is 43.0 Å². The minimum Gasteiger partial charge on any atom is -0.495 e. The maximum absolute atomic E-state index is 13.4.